The Bertz CT molecular complexity index is 605. The Labute approximate surface area is 127 Å². The van der Waals surface area contributed by atoms with Crippen molar-refractivity contribution in [3.63, 3.8) is 0 Å². The van der Waals surface area contributed by atoms with Crippen LogP contribution in [0.1, 0.15) is 31.2 Å². The van der Waals surface area contributed by atoms with Crippen LogP contribution in [0.25, 0.3) is 0 Å². The molecule has 6 heteroatoms. The largest absolute Gasteiger partial charge is 0.367 e. The van der Waals surface area contributed by atoms with Crippen LogP contribution in [0.2, 0.25) is 0 Å². The summed E-state index contributed by atoms with van der Waals surface area (Å²) in [6, 6.07) is 2.05. The molecular weight excluding hydrogens is 289 g/mol. The molecule has 0 N–H and O–H groups in total. The van der Waals surface area contributed by atoms with E-state index >= 15 is 0 Å². The Balaban J connectivity index is 1.88. The second-order valence-corrected chi connectivity index (χ2v) is 5.99. The number of aromatic nitrogens is 2. The van der Waals surface area contributed by atoms with E-state index in [1.54, 1.807) is 11.3 Å². The predicted octanol–water partition coefficient (Wildman–Crippen LogP) is 3.21. The third-order valence-electron chi connectivity index (χ3n) is 3.65. The van der Waals surface area contributed by atoms with Crippen molar-refractivity contribution in [1.29, 1.82) is 0 Å². The highest BCUT2D eigenvalue weighted by Gasteiger charge is 2.29. The zero-order valence-corrected chi connectivity index (χ0v) is 12.9. The number of hydrogen-bond acceptors (Lipinski definition) is 5. The molecule has 2 atom stereocenters. The van der Waals surface area contributed by atoms with Crippen LogP contribution in [0, 0.1) is 5.82 Å². The van der Waals surface area contributed by atoms with E-state index in [4.69, 9.17) is 4.74 Å². The van der Waals surface area contributed by atoms with Crippen LogP contribution in [0.4, 0.5) is 10.2 Å². The van der Waals surface area contributed by atoms with E-state index < -0.39 is 0 Å². The molecule has 0 spiro atoms. The molecule has 21 heavy (non-hydrogen) atoms. The molecular formula is C15H18FN3OS. The summed E-state index contributed by atoms with van der Waals surface area (Å²) in [5, 5.41) is 4.11. The zero-order chi connectivity index (χ0) is 14.8. The van der Waals surface area contributed by atoms with Gasteiger partial charge in [0.1, 0.15) is 12.4 Å². The number of hydrogen-bond donors (Lipinski definition) is 0. The second-order valence-electron chi connectivity index (χ2n) is 5.21. The Morgan fingerprint density at radius 1 is 1.43 bits per heavy atom. The predicted molar refractivity (Wildman–Crippen MR) is 81.2 cm³/mol. The average molecular weight is 307 g/mol. The third-order valence-corrected chi connectivity index (χ3v) is 4.35. The van der Waals surface area contributed by atoms with E-state index in [9.17, 15) is 4.39 Å². The Hall–Kier alpha value is -1.53. The second kappa shape index (κ2) is 6.07. The Morgan fingerprint density at radius 2 is 2.29 bits per heavy atom. The summed E-state index contributed by atoms with van der Waals surface area (Å²) < 4.78 is 20.4. The monoisotopic (exact) mass is 307 g/mol. The van der Waals surface area contributed by atoms with Gasteiger partial charge in [0, 0.05) is 6.54 Å². The van der Waals surface area contributed by atoms with Crippen molar-refractivity contribution < 1.29 is 9.13 Å². The molecule has 0 unspecified atom stereocenters. The van der Waals surface area contributed by atoms with Crippen molar-refractivity contribution in [2.24, 2.45) is 0 Å². The van der Waals surface area contributed by atoms with E-state index in [2.05, 4.69) is 21.4 Å². The summed E-state index contributed by atoms with van der Waals surface area (Å²) in [7, 11) is 0. The van der Waals surface area contributed by atoms with Crippen LogP contribution in [-0.4, -0.2) is 29.2 Å². The van der Waals surface area contributed by atoms with Crippen LogP contribution in [-0.2, 0) is 11.2 Å². The quantitative estimate of drug-likeness (QED) is 0.873. The van der Waals surface area contributed by atoms with E-state index in [1.807, 2.05) is 24.1 Å². The van der Waals surface area contributed by atoms with Crippen molar-refractivity contribution in [3.8, 4) is 0 Å². The Kier molecular flexibility index (Phi) is 4.17. The van der Waals surface area contributed by atoms with Gasteiger partial charge in [0.15, 0.2) is 11.6 Å². The maximum absolute atomic E-state index is 14.4. The van der Waals surface area contributed by atoms with Gasteiger partial charge in [-0.25, -0.2) is 14.4 Å². The van der Waals surface area contributed by atoms with Gasteiger partial charge in [0.2, 0.25) is 0 Å². The maximum Gasteiger partial charge on any atom is 0.187 e. The summed E-state index contributed by atoms with van der Waals surface area (Å²) >= 11 is 1.64. The molecule has 3 heterocycles. The van der Waals surface area contributed by atoms with Gasteiger partial charge in [-0.3, -0.25) is 0 Å². The van der Waals surface area contributed by atoms with Crippen molar-refractivity contribution in [2.75, 3.05) is 18.0 Å². The first-order chi connectivity index (χ1) is 10.2. The molecule has 2 aromatic heterocycles. The first-order valence-corrected chi connectivity index (χ1v) is 8.05. The van der Waals surface area contributed by atoms with Crippen LogP contribution in [0.15, 0.2) is 23.2 Å². The molecule has 1 aliphatic heterocycles. The van der Waals surface area contributed by atoms with Gasteiger partial charge in [0.25, 0.3) is 0 Å². The van der Waals surface area contributed by atoms with Gasteiger partial charge in [-0.2, -0.15) is 11.3 Å². The fourth-order valence-corrected chi connectivity index (χ4v) is 3.33. The average Bonchev–Trinajstić information content (AvgIpc) is 3.01. The van der Waals surface area contributed by atoms with Crippen molar-refractivity contribution >= 4 is 17.2 Å². The number of morpholine rings is 1. The lowest BCUT2D eigenvalue weighted by Crippen LogP contribution is -2.43. The van der Waals surface area contributed by atoms with Gasteiger partial charge >= 0.3 is 0 Å². The zero-order valence-electron chi connectivity index (χ0n) is 12.1. The molecule has 3 rings (SSSR count). The number of rotatable bonds is 3. The minimum atomic E-state index is -0.307. The molecule has 0 saturated carbocycles. The van der Waals surface area contributed by atoms with Crippen molar-refractivity contribution in [2.45, 2.75) is 32.5 Å². The van der Waals surface area contributed by atoms with Crippen LogP contribution >= 0.6 is 11.3 Å². The number of nitrogens with zero attached hydrogens (tertiary/aromatic N) is 3. The highest BCUT2D eigenvalue weighted by atomic mass is 32.1. The molecule has 0 aliphatic carbocycles. The summed E-state index contributed by atoms with van der Waals surface area (Å²) in [4.78, 5) is 10.1. The number of aryl methyl sites for hydroxylation is 1. The highest BCUT2D eigenvalue weighted by molar-refractivity contribution is 7.07. The smallest absolute Gasteiger partial charge is 0.187 e. The standard InChI is InChI=1S/C15H18FN3OS/c1-3-12-14(16)15(18-9-17-12)19-6-10(2)20-13(7-19)11-4-5-21-8-11/h4-5,8-10,13H,3,6-7H2,1-2H3/t10-,13-/m1/s1. The lowest BCUT2D eigenvalue weighted by molar-refractivity contribution is -0.0176. The fraction of sp³-hybridized carbons (Fsp3) is 0.467. The maximum atomic E-state index is 14.4. The van der Waals surface area contributed by atoms with Crippen molar-refractivity contribution in [1.82, 2.24) is 9.97 Å². The molecule has 0 aromatic carbocycles. The summed E-state index contributed by atoms with van der Waals surface area (Å²) in [6.07, 6.45) is 1.99. The van der Waals surface area contributed by atoms with Gasteiger partial charge in [-0.05, 0) is 35.7 Å². The number of ether oxygens (including phenoxy) is 1. The van der Waals surface area contributed by atoms with Crippen LogP contribution < -0.4 is 4.90 Å². The van der Waals surface area contributed by atoms with E-state index in [0.717, 1.165) is 5.56 Å². The topological polar surface area (TPSA) is 38.2 Å². The molecule has 0 radical (unpaired) electrons. The summed E-state index contributed by atoms with van der Waals surface area (Å²) in [5.41, 5.74) is 1.60. The number of halogens is 1. The van der Waals surface area contributed by atoms with Gasteiger partial charge in [0.05, 0.1) is 18.3 Å². The molecule has 1 aliphatic rings. The Morgan fingerprint density at radius 3 is 3.00 bits per heavy atom. The molecule has 2 aromatic rings. The van der Waals surface area contributed by atoms with E-state index in [0.29, 0.717) is 31.0 Å². The third kappa shape index (κ3) is 2.91. The van der Waals surface area contributed by atoms with Gasteiger partial charge in [-0.1, -0.05) is 6.92 Å². The summed E-state index contributed by atoms with van der Waals surface area (Å²) in [5.74, 6) is 0.0791. The summed E-state index contributed by atoms with van der Waals surface area (Å²) in [6.45, 7) is 5.15. The molecule has 4 nitrogen and oxygen atoms in total. The normalized spacial score (nSPS) is 22.5. The SMILES string of the molecule is CCc1ncnc(N2C[C@@H](C)O[C@@H](c3ccsc3)C2)c1F. The molecule has 0 bridgehead atoms. The fourth-order valence-electron chi connectivity index (χ4n) is 2.63. The molecule has 1 saturated heterocycles. The minimum Gasteiger partial charge on any atom is -0.367 e. The number of anilines is 1. The lowest BCUT2D eigenvalue weighted by atomic mass is 10.1. The van der Waals surface area contributed by atoms with Gasteiger partial charge in [-0.15, -0.1) is 0 Å². The van der Waals surface area contributed by atoms with E-state index in [1.165, 1.54) is 6.33 Å². The first-order valence-electron chi connectivity index (χ1n) is 7.11. The molecule has 1 fully saturated rings. The lowest BCUT2D eigenvalue weighted by Gasteiger charge is -2.37. The van der Waals surface area contributed by atoms with Crippen molar-refractivity contribution in [3.05, 3.63) is 40.2 Å². The first kappa shape index (κ1) is 14.4. The van der Waals surface area contributed by atoms with Crippen LogP contribution in [0.5, 0.6) is 0 Å². The van der Waals surface area contributed by atoms with E-state index in [-0.39, 0.29) is 18.0 Å². The minimum absolute atomic E-state index is 0.0306. The molecule has 112 valence electrons. The highest BCUT2D eigenvalue weighted by Crippen LogP contribution is 2.30. The van der Waals surface area contributed by atoms with Crippen LogP contribution in [0.3, 0.4) is 0 Å². The van der Waals surface area contributed by atoms with Gasteiger partial charge < -0.3 is 9.64 Å². The molecule has 0 amide bonds. The number of thiophene rings is 1.